The molecule has 0 aliphatic heterocycles. The summed E-state index contributed by atoms with van der Waals surface area (Å²) in [6.45, 7) is 2.13. The quantitative estimate of drug-likeness (QED) is 0.435. The van der Waals surface area contributed by atoms with Crippen molar-refractivity contribution in [2.24, 2.45) is 0 Å². The third kappa shape index (κ3) is 4.80. The molecule has 0 nitrogen and oxygen atoms in total. The lowest BCUT2D eigenvalue weighted by Gasteiger charge is -2.13. The summed E-state index contributed by atoms with van der Waals surface area (Å²) in [7, 11) is 0. The molecule has 126 valence electrons. The fraction of sp³-hybridized carbons (Fsp3) is 0.130. The van der Waals surface area contributed by atoms with E-state index in [-0.39, 0.29) is 11.7 Å². The Labute approximate surface area is 153 Å². The molecule has 0 aliphatic rings. The van der Waals surface area contributed by atoms with Crippen LogP contribution in [0.5, 0.6) is 0 Å². The van der Waals surface area contributed by atoms with Crippen LogP contribution in [-0.4, -0.2) is 0 Å². The van der Waals surface area contributed by atoms with E-state index in [1.165, 1.54) is 5.56 Å². The van der Waals surface area contributed by atoms with Crippen molar-refractivity contribution in [3.05, 3.63) is 106 Å². The molecule has 0 heterocycles. The summed E-state index contributed by atoms with van der Waals surface area (Å²) in [6.07, 6.45) is 4.56. The van der Waals surface area contributed by atoms with Crippen molar-refractivity contribution in [1.29, 1.82) is 0 Å². The normalized spacial score (nSPS) is 12.4. The van der Waals surface area contributed by atoms with Crippen LogP contribution in [0.2, 0.25) is 5.02 Å². The van der Waals surface area contributed by atoms with Gasteiger partial charge in [0.15, 0.2) is 0 Å². The van der Waals surface area contributed by atoms with Crippen LogP contribution in [-0.2, 0) is 6.42 Å². The Bertz CT molecular complexity index is 851. The van der Waals surface area contributed by atoms with E-state index in [2.05, 4.69) is 19.1 Å². The van der Waals surface area contributed by atoms with Gasteiger partial charge in [0.05, 0.1) is 0 Å². The lowest BCUT2D eigenvalue weighted by Crippen LogP contribution is -2.00. The zero-order valence-corrected chi connectivity index (χ0v) is 14.9. The van der Waals surface area contributed by atoms with Gasteiger partial charge in [-0.05, 0) is 52.8 Å². The van der Waals surface area contributed by atoms with E-state index in [9.17, 15) is 4.39 Å². The minimum absolute atomic E-state index is 0.152. The Hall–Kier alpha value is -2.38. The maximum atomic E-state index is 14.5. The molecule has 3 rings (SSSR count). The number of halogens is 2. The fourth-order valence-corrected chi connectivity index (χ4v) is 2.95. The summed E-state index contributed by atoms with van der Waals surface area (Å²) in [6, 6.07) is 23.2. The predicted octanol–water partition coefficient (Wildman–Crippen LogP) is 7.00. The van der Waals surface area contributed by atoms with E-state index in [1.54, 1.807) is 6.07 Å². The average molecular weight is 351 g/mol. The Morgan fingerprint density at radius 2 is 1.52 bits per heavy atom. The second-order valence-electron chi connectivity index (χ2n) is 6.25. The zero-order chi connectivity index (χ0) is 17.6. The van der Waals surface area contributed by atoms with Crippen LogP contribution in [0.15, 0.2) is 72.8 Å². The summed E-state index contributed by atoms with van der Waals surface area (Å²) in [4.78, 5) is 0. The third-order valence-electron chi connectivity index (χ3n) is 4.31. The molecule has 0 aromatic heterocycles. The molecule has 1 atom stereocenters. The number of hydrogen-bond donors (Lipinski definition) is 0. The van der Waals surface area contributed by atoms with Crippen molar-refractivity contribution in [3.63, 3.8) is 0 Å². The molecular formula is C23H20ClF. The molecular weight excluding hydrogens is 331 g/mol. The molecule has 0 bridgehead atoms. The summed E-state index contributed by atoms with van der Waals surface area (Å²) in [5.74, 6) is 0.132. The minimum atomic E-state index is -0.152. The summed E-state index contributed by atoms with van der Waals surface area (Å²) >= 11 is 5.88. The van der Waals surface area contributed by atoms with Crippen LogP contribution in [0.1, 0.15) is 35.1 Å². The van der Waals surface area contributed by atoms with Gasteiger partial charge in [0, 0.05) is 5.02 Å². The summed E-state index contributed by atoms with van der Waals surface area (Å²) in [5, 5.41) is 0.708. The van der Waals surface area contributed by atoms with Crippen molar-refractivity contribution >= 4 is 23.8 Å². The third-order valence-corrected chi connectivity index (χ3v) is 4.56. The van der Waals surface area contributed by atoms with Crippen LogP contribution >= 0.6 is 11.6 Å². The van der Waals surface area contributed by atoms with Crippen LogP contribution in [0.25, 0.3) is 12.2 Å². The van der Waals surface area contributed by atoms with Gasteiger partial charge in [-0.2, -0.15) is 0 Å². The monoisotopic (exact) mass is 350 g/mol. The molecule has 0 radical (unpaired) electrons. The van der Waals surface area contributed by atoms with Gasteiger partial charge < -0.3 is 0 Å². The highest BCUT2D eigenvalue weighted by Gasteiger charge is 2.10. The molecule has 2 heteroatoms. The van der Waals surface area contributed by atoms with Gasteiger partial charge in [0.1, 0.15) is 5.82 Å². The highest BCUT2D eigenvalue weighted by atomic mass is 35.5. The molecule has 0 fully saturated rings. The topological polar surface area (TPSA) is 0 Å². The highest BCUT2D eigenvalue weighted by molar-refractivity contribution is 6.30. The van der Waals surface area contributed by atoms with Gasteiger partial charge in [-0.25, -0.2) is 4.39 Å². The van der Waals surface area contributed by atoms with Crippen molar-refractivity contribution in [2.45, 2.75) is 19.3 Å². The van der Waals surface area contributed by atoms with Crippen LogP contribution in [0, 0.1) is 5.82 Å². The predicted molar refractivity (Wildman–Crippen MR) is 105 cm³/mol. The average Bonchev–Trinajstić information content (AvgIpc) is 2.64. The van der Waals surface area contributed by atoms with Crippen molar-refractivity contribution in [2.75, 3.05) is 0 Å². The first kappa shape index (κ1) is 17.4. The number of hydrogen-bond acceptors (Lipinski definition) is 0. The Kier molecular flexibility index (Phi) is 5.67. The van der Waals surface area contributed by atoms with Crippen LogP contribution in [0.3, 0.4) is 0 Å². The standard InChI is InChI=1S/C23H20ClF/c1-17(20-5-3-2-4-6-20)15-21-12-9-19(16-23(21)25)8-7-18-10-13-22(24)14-11-18/h2-14,16-17H,15H2,1H3/t17-/m1/s1. The first-order valence-electron chi connectivity index (χ1n) is 8.39. The van der Waals surface area contributed by atoms with Crippen LogP contribution in [0.4, 0.5) is 4.39 Å². The molecule has 0 spiro atoms. The lowest BCUT2D eigenvalue weighted by molar-refractivity contribution is 0.597. The first-order chi connectivity index (χ1) is 12.1. The van der Waals surface area contributed by atoms with Crippen molar-refractivity contribution in [1.82, 2.24) is 0 Å². The van der Waals surface area contributed by atoms with E-state index in [4.69, 9.17) is 11.6 Å². The molecule has 0 amide bonds. The first-order valence-corrected chi connectivity index (χ1v) is 8.76. The van der Waals surface area contributed by atoms with Gasteiger partial charge in [0.2, 0.25) is 0 Å². The summed E-state index contributed by atoms with van der Waals surface area (Å²) in [5.41, 5.74) is 3.86. The van der Waals surface area contributed by atoms with E-state index >= 15 is 0 Å². The smallest absolute Gasteiger partial charge is 0.127 e. The Morgan fingerprint density at radius 1 is 0.880 bits per heavy atom. The van der Waals surface area contributed by atoms with Gasteiger partial charge in [-0.3, -0.25) is 0 Å². The Morgan fingerprint density at radius 3 is 2.20 bits per heavy atom. The van der Waals surface area contributed by atoms with Gasteiger partial charge in [0.25, 0.3) is 0 Å². The number of rotatable bonds is 5. The largest absolute Gasteiger partial charge is 0.207 e. The molecule has 0 unspecified atom stereocenters. The van der Waals surface area contributed by atoms with Crippen molar-refractivity contribution < 1.29 is 4.39 Å². The number of benzene rings is 3. The molecule has 0 aliphatic carbocycles. The van der Waals surface area contributed by atoms with Gasteiger partial charge in [-0.15, -0.1) is 0 Å². The molecule has 3 aromatic rings. The molecule has 0 N–H and O–H groups in total. The van der Waals surface area contributed by atoms with E-state index in [0.29, 0.717) is 11.4 Å². The van der Waals surface area contributed by atoms with Crippen LogP contribution < -0.4 is 0 Å². The fourth-order valence-electron chi connectivity index (χ4n) is 2.83. The van der Waals surface area contributed by atoms with Crippen molar-refractivity contribution in [3.8, 4) is 0 Å². The second kappa shape index (κ2) is 8.13. The Balaban J connectivity index is 1.71. The lowest BCUT2D eigenvalue weighted by atomic mass is 9.93. The van der Waals surface area contributed by atoms with E-state index < -0.39 is 0 Å². The molecule has 0 saturated heterocycles. The minimum Gasteiger partial charge on any atom is -0.207 e. The molecule has 25 heavy (non-hydrogen) atoms. The second-order valence-corrected chi connectivity index (χ2v) is 6.69. The zero-order valence-electron chi connectivity index (χ0n) is 14.1. The maximum Gasteiger partial charge on any atom is 0.127 e. The molecule has 3 aromatic carbocycles. The van der Waals surface area contributed by atoms with Gasteiger partial charge in [-0.1, -0.05) is 85.3 Å². The summed E-state index contributed by atoms with van der Waals surface area (Å²) < 4.78 is 14.5. The SMILES string of the molecule is C[C@H](Cc1ccc(C=Cc2ccc(Cl)cc2)cc1F)c1ccccc1. The maximum absolute atomic E-state index is 14.5. The van der Waals surface area contributed by atoms with E-state index in [0.717, 1.165) is 16.7 Å². The molecule has 0 saturated carbocycles. The van der Waals surface area contributed by atoms with E-state index in [1.807, 2.05) is 66.7 Å². The van der Waals surface area contributed by atoms with Gasteiger partial charge >= 0.3 is 0 Å². The highest BCUT2D eigenvalue weighted by Crippen LogP contribution is 2.23.